The molecule has 2 aromatic heterocycles. The fraction of sp³-hybridized carbons (Fsp3) is 0.625. The van der Waals surface area contributed by atoms with E-state index in [-0.39, 0.29) is 23.1 Å². The third-order valence-electron chi connectivity index (χ3n) is 4.60. The van der Waals surface area contributed by atoms with Crippen molar-refractivity contribution in [2.24, 2.45) is 11.0 Å². The van der Waals surface area contributed by atoms with Crippen molar-refractivity contribution >= 4 is 41.8 Å². The molecule has 0 saturated carbocycles. The van der Waals surface area contributed by atoms with Gasteiger partial charge in [0, 0.05) is 6.21 Å². The van der Waals surface area contributed by atoms with Gasteiger partial charge in [-0.15, -0.1) is 0 Å². The molecular weight excluding hydrogens is 354 g/mol. The molecule has 10 heteroatoms. The van der Waals surface area contributed by atoms with Crippen LogP contribution in [0.5, 0.6) is 0 Å². The number of imidazole rings is 1. The van der Waals surface area contributed by atoms with Gasteiger partial charge in [0.05, 0.1) is 17.7 Å². The quantitative estimate of drug-likeness (QED) is 0.343. The number of ether oxygens (including phenoxy) is 1. The number of hydrazone groups is 1. The highest BCUT2D eigenvalue weighted by Crippen LogP contribution is 2.35. The average molecular weight is 379 g/mol. The van der Waals surface area contributed by atoms with E-state index in [0.717, 1.165) is 12.8 Å². The maximum Gasteiger partial charge on any atom is 0.247 e. The Bertz CT molecular complexity index is 796. The molecule has 0 radical (unpaired) electrons. The Labute approximate surface area is 157 Å². The van der Waals surface area contributed by atoms with Gasteiger partial charge >= 0.3 is 0 Å². The van der Waals surface area contributed by atoms with Crippen LogP contribution in [0.4, 0.5) is 11.8 Å². The Morgan fingerprint density at radius 3 is 2.92 bits per heavy atom. The Morgan fingerprint density at radius 2 is 2.27 bits per heavy atom. The number of thiol groups is 1. The lowest BCUT2D eigenvalue weighted by atomic mass is 10.1. The van der Waals surface area contributed by atoms with E-state index in [1.807, 2.05) is 6.92 Å². The van der Waals surface area contributed by atoms with E-state index in [1.165, 1.54) is 0 Å². The van der Waals surface area contributed by atoms with Gasteiger partial charge in [0.15, 0.2) is 17.7 Å². The van der Waals surface area contributed by atoms with E-state index >= 15 is 0 Å². The zero-order valence-electron chi connectivity index (χ0n) is 15.1. The van der Waals surface area contributed by atoms with E-state index in [1.54, 1.807) is 17.1 Å². The van der Waals surface area contributed by atoms with Crippen molar-refractivity contribution in [3.63, 3.8) is 0 Å². The summed E-state index contributed by atoms with van der Waals surface area (Å²) in [6.45, 7) is 6.14. The number of anilines is 2. The van der Waals surface area contributed by atoms with E-state index in [4.69, 9.17) is 10.5 Å². The summed E-state index contributed by atoms with van der Waals surface area (Å²) in [4.78, 5) is 12.9. The van der Waals surface area contributed by atoms with Crippen molar-refractivity contribution in [3.8, 4) is 0 Å². The number of aliphatic hydroxyl groups is 1. The largest absolute Gasteiger partial charge is 0.387 e. The number of hydrogen-bond acceptors (Lipinski definition) is 9. The molecule has 1 aliphatic rings. The van der Waals surface area contributed by atoms with Crippen LogP contribution < -0.4 is 11.2 Å². The predicted molar refractivity (Wildman–Crippen MR) is 104 cm³/mol. The summed E-state index contributed by atoms with van der Waals surface area (Å²) < 4.78 is 7.61. The summed E-state index contributed by atoms with van der Waals surface area (Å²) in [5, 5.41) is 14.4. The highest BCUT2D eigenvalue weighted by Gasteiger charge is 2.42. The van der Waals surface area contributed by atoms with E-state index in [2.05, 4.69) is 52.0 Å². The van der Waals surface area contributed by atoms with Crippen LogP contribution in [0.2, 0.25) is 0 Å². The first-order chi connectivity index (χ1) is 12.5. The summed E-state index contributed by atoms with van der Waals surface area (Å²) >= 11 is 4.46. The molecule has 1 saturated heterocycles. The molecule has 4 N–H and O–H groups in total. The number of fused-ring (bicyclic) bond motifs is 1. The normalized spacial score (nSPS) is 27.4. The van der Waals surface area contributed by atoms with E-state index in [0.29, 0.717) is 17.1 Å². The highest BCUT2D eigenvalue weighted by atomic mass is 32.1. The Balaban J connectivity index is 1.92. The number of aliphatic hydroxyl groups excluding tert-OH is 1. The number of hydrogen-bond donors (Lipinski definition) is 4. The van der Waals surface area contributed by atoms with Crippen molar-refractivity contribution in [1.29, 1.82) is 0 Å². The monoisotopic (exact) mass is 379 g/mol. The number of rotatable bonds is 6. The second-order valence-electron chi connectivity index (χ2n) is 6.49. The summed E-state index contributed by atoms with van der Waals surface area (Å²) in [6, 6.07) is 0. The minimum atomic E-state index is -0.781. The molecule has 0 aromatic carbocycles. The lowest BCUT2D eigenvalue weighted by Crippen LogP contribution is -2.26. The maximum atomic E-state index is 10.5. The first-order valence-corrected chi connectivity index (χ1v) is 9.28. The second-order valence-corrected chi connectivity index (χ2v) is 7.08. The zero-order chi connectivity index (χ0) is 18.8. The molecule has 9 nitrogen and oxygen atoms in total. The molecule has 0 amide bonds. The number of nitrogens with zero attached hydrogens (tertiary/aromatic N) is 5. The van der Waals surface area contributed by atoms with Gasteiger partial charge in [-0.3, -0.25) is 4.57 Å². The minimum absolute atomic E-state index is 0.146. The molecule has 1 aliphatic heterocycles. The number of nitrogens with one attached hydrogen (secondary N) is 1. The summed E-state index contributed by atoms with van der Waals surface area (Å²) in [7, 11) is 0. The van der Waals surface area contributed by atoms with Gasteiger partial charge in [0.25, 0.3) is 0 Å². The van der Waals surface area contributed by atoms with Crippen molar-refractivity contribution in [2.45, 2.75) is 57.3 Å². The molecule has 142 valence electrons. The van der Waals surface area contributed by atoms with Crippen LogP contribution in [-0.2, 0) is 4.74 Å². The molecule has 3 heterocycles. The highest BCUT2D eigenvalue weighted by molar-refractivity contribution is 7.81. The smallest absolute Gasteiger partial charge is 0.247 e. The number of aromatic nitrogens is 4. The van der Waals surface area contributed by atoms with Gasteiger partial charge < -0.3 is 15.6 Å². The van der Waals surface area contributed by atoms with E-state index in [9.17, 15) is 5.11 Å². The summed E-state index contributed by atoms with van der Waals surface area (Å²) in [5.41, 5.74) is 9.73. The minimum Gasteiger partial charge on any atom is -0.387 e. The van der Waals surface area contributed by atoms with Crippen LogP contribution >= 0.6 is 12.6 Å². The van der Waals surface area contributed by atoms with Crippen LogP contribution in [0.15, 0.2) is 11.4 Å². The SMILES string of the molecule is CCC(C)C=NNc1nc(N)c2ncn([C@@H]3O[C@H](CC)[C@@H](S)[C@H]3O)c2n1. The molecule has 26 heavy (non-hydrogen) atoms. The fourth-order valence-corrected chi connectivity index (χ4v) is 3.23. The predicted octanol–water partition coefficient (Wildman–Crippen LogP) is 1.82. The second kappa shape index (κ2) is 7.77. The Morgan fingerprint density at radius 1 is 1.50 bits per heavy atom. The van der Waals surface area contributed by atoms with Gasteiger partial charge in [-0.1, -0.05) is 20.8 Å². The summed E-state index contributed by atoms with van der Waals surface area (Å²) in [6.07, 6.45) is 3.53. The summed E-state index contributed by atoms with van der Waals surface area (Å²) in [5.74, 6) is 0.838. The van der Waals surface area contributed by atoms with Crippen LogP contribution in [0.1, 0.15) is 39.8 Å². The van der Waals surface area contributed by atoms with Gasteiger partial charge in [-0.2, -0.15) is 27.7 Å². The topological polar surface area (TPSA) is 123 Å². The molecule has 1 unspecified atom stereocenters. The van der Waals surface area contributed by atoms with Gasteiger partial charge in [0.2, 0.25) is 5.95 Å². The van der Waals surface area contributed by atoms with Crippen molar-refractivity contribution in [1.82, 2.24) is 19.5 Å². The molecule has 0 spiro atoms. The molecule has 3 rings (SSSR count). The standard InChI is InChI=1S/C16H25N7O2S/c1-4-8(3)6-19-22-16-20-13(17)10-14(21-16)23(7-18-10)15-11(24)12(26)9(5-2)25-15/h6-9,11-12,15,24,26H,4-5H2,1-3H3,(H3,17,20,21,22)/t8?,9-,11-,12-,15-/m1/s1. The van der Waals surface area contributed by atoms with E-state index < -0.39 is 12.3 Å². The molecule has 2 aromatic rings. The third-order valence-corrected chi connectivity index (χ3v) is 5.24. The number of nitrogen functional groups attached to an aromatic ring is 1. The van der Waals surface area contributed by atoms with Gasteiger partial charge in [-0.25, -0.2) is 10.4 Å². The maximum absolute atomic E-state index is 10.5. The Kier molecular flexibility index (Phi) is 5.64. The first-order valence-electron chi connectivity index (χ1n) is 8.77. The van der Waals surface area contributed by atoms with Crippen LogP contribution in [0, 0.1) is 5.92 Å². The van der Waals surface area contributed by atoms with Crippen LogP contribution in [0.25, 0.3) is 11.2 Å². The molecule has 0 bridgehead atoms. The first kappa shape index (κ1) is 18.9. The average Bonchev–Trinajstić information content (AvgIpc) is 3.17. The van der Waals surface area contributed by atoms with Crippen LogP contribution in [0.3, 0.4) is 0 Å². The molecular formula is C16H25N7O2S. The van der Waals surface area contributed by atoms with Crippen LogP contribution in [-0.4, -0.2) is 48.3 Å². The molecule has 0 aliphatic carbocycles. The fourth-order valence-electron chi connectivity index (χ4n) is 2.80. The number of nitrogens with two attached hydrogens (primary N) is 1. The van der Waals surface area contributed by atoms with Crippen molar-refractivity contribution in [2.75, 3.05) is 11.2 Å². The van der Waals surface area contributed by atoms with Crippen molar-refractivity contribution < 1.29 is 9.84 Å². The molecule has 1 fully saturated rings. The third kappa shape index (κ3) is 3.49. The van der Waals surface area contributed by atoms with Crippen molar-refractivity contribution in [3.05, 3.63) is 6.33 Å². The van der Waals surface area contributed by atoms with Gasteiger partial charge in [-0.05, 0) is 18.8 Å². The lowest BCUT2D eigenvalue weighted by Gasteiger charge is -2.17. The van der Waals surface area contributed by atoms with Gasteiger partial charge in [0.1, 0.15) is 11.6 Å². The lowest BCUT2D eigenvalue weighted by molar-refractivity contribution is -0.0355. The molecule has 5 atom stereocenters. The Hall–Kier alpha value is -1.91. The zero-order valence-corrected chi connectivity index (χ0v) is 16.0.